The quantitative estimate of drug-likeness (QED) is 0.405. The molecule has 1 aliphatic rings. The van der Waals surface area contributed by atoms with Crippen molar-refractivity contribution in [2.24, 2.45) is 0 Å². The summed E-state index contributed by atoms with van der Waals surface area (Å²) in [6, 6.07) is 18.5. The Labute approximate surface area is 208 Å². The molecule has 178 valence electrons. The van der Waals surface area contributed by atoms with Gasteiger partial charge in [-0.1, -0.05) is 41.9 Å². The summed E-state index contributed by atoms with van der Waals surface area (Å²) in [6.45, 7) is 1.97. The summed E-state index contributed by atoms with van der Waals surface area (Å²) in [5, 5.41) is 14.5. The number of imidazole rings is 1. The lowest BCUT2D eigenvalue weighted by atomic mass is 10.0. The Morgan fingerprint density at radius 1 is 1.11 bits per heavy atom. The van der Waals surface area contributed by atoms with Gasteiger partial charge in [0.25, 0.3) is 0 Å². The maximum atomic E-state index is 12.8. The molecule has 3 atom stereocenters. The van der Waals surface area contributed by atoms with E-state index in [-0.39, 0.29) is 24.4 Å². The smallest absolute Gasteiger partial charge is 0.231 e. The largest absolute Gasteiger partial charge is 0.390 e. The zero-order chi connectivity index (χ0) is 24.4. The number of aliphatic hydroxyl groups is 1. The molecule has 5 rings (SSSR count). The van der Waals surface area contributed by atoms with Crippen molar-refractivity contribution in [2.75, 3.05) is 10.2 Å². The first-order valence-electron chi connectivity index (χ1n) is 11.4. The second-order valence-corrected chi connectivity index (χ2v) is 9.02. The average Bonchev–Trinajstić information content (AvgIpc) is 3.45. The Kier molecular flexibility index (Phi) is 6.48. The van der Waals surface area contributed by atoms with Crippen LogP contribution in [0, 0.1) is 0 Å². The van der Waals surface area contributed by atoms with Crippen LogP contribution in [0.25, 0.3) is 5.69 Å². The molecule has 4 aromatic rings. The van der Waals surface area contributed by atoms with E-state index in [9.17, 15) is 9.90 Å². The van der Waals surface area contributed by atoms with E-state index in [1.165, 1.54) is 0 Å². The fraction of sp³-hybridized carbons (Fsp3) is 0.231. The zero-order valence-electron chi connectivity index (χ0n) is 19.1. The maximum Gasteiger partial charge on any atom is 0.231 e. The third kappa shape index (κ3) is 5.03. The number of aliphatic hydroxyl groups excluding tert-OH is 1. The highest BCUT2D eigenvalue weighted by atomic mass is 35.5. The number of nitrogens with one attached hydrogen (secondary N) is 1. The Balaban J connectivity index is 1.33. The van der Waals surface area contributed by atoms with Crippen LogP contribution in [0.4, 0.5) is 11.8 Å². The molecular weight excluding hydrogens is 464 g/mol. The number of rotatable bonds is 7. The highest BCUT2D eigenvalue weighted by Gasteiger charge is 2.40. The first-order chi connectivity index (χ1) is 17.0. The molecule has 0 bridgehead atoms. The summed E-state index contributed by atoms with van der Waals surface area (Å²) < 4.78 is 1.92. The van der Waals surface area contributed by atoms with Gasteiger partial charge in [-0.2, -0.15) is 4.98 Å². The van der Waals surface area contributed by atoms with Crippen molar-refractivity contribution in [3.63, 3.8) is 0 Å². The highest BCUT2D eigenvalue weighted by Crippen LogP contribution is 2.29. The molecule has 0 radical (unpaired) electrons. The molecule has 8 nitrogen and oxygen atoms in total. The van der Waals surface area contributed by atoms with Crippen LogP contribution in [-0.4, -0.2) is 42.7 Å². The summed E-state index contributed by atoms with van der Waals surface area (Å²) in [6.07, 6.45) is 5.14. The molecule has 1 fully saturated rings. The van der Waals surface area contributed by atoms with Gasteiger partial charge >= 0.3 is 0 Å². The molecule has 1 saturated heterocycles. The van der Waals surface area contributed by atoms with Gasteiger partial charge in [0.05, 0.1) is 36.6 Å². The topological polar surface area (TPSA) is 96.2 Å². The standard InChI is InChI=1S/C26H25ClN6O2/c1-17(21-15-32(16-29-21)20-9-7-19(27)8-10-20)30-26-28-12-11-24(31-26)33-22(23(34)14-25(33)35)13-18-5-3-2-4-6-18/h2-12,15-17,22-23,34H,13-14H2,1H3,(H,28,30,31)/t17-,22-,23-/m0/s1. The van der Waals surface area contributed by atoms with E-state index in [0.29, 0.717) is 23.2 Å². The molecule has 1 aliphatic heterocycles. The van der Waals surface area contributed by atoms with E-state index >= 15 is 0 Å². The fourth-order valence-corrected chi connectivity index (χ4v) is 4.41. The van der Waals surface area contributed by atoms with Gasteiger partial charge < -0.3 is 15.0 Å². The van der Waals surface area contributed by atoms with Crippen LogP contribution >= 0.6 is 11.6 Å². The maximum absolute atomic E-state index is 12.8. The molecule has 35 heavy (non-hydrogen) atoms. The van der Waals surface area contributed by atoms with Crippen LogP contribution in [0.2, 0.25) is 5.02 Å². The van der Waals surface area contributed by atoms with Crippen molar-refractivity contribution < 1.29 is 9.90 Å². The van der Waals surface area contributed by atoms with Crippen molar-refractivity contribution >= 4 is 29.3 Å². The monoisotopic (exact) mass is 488 g/mol. The van der Waals surface area contributed by atoms with Gasteiger partial charge in [-0.3, -0.25) is 9.69 Å². The number of amides is 1. The van der Waals surface area contributed by atoms with Crippen molar-refractivity contribution in [3.8, 4) is 5.69 Å². The Hall–Kier alpha value is -3.75. The number of nitrogens with zero attached hydrogens (tertiary/aromatic N) is 5. The van der Waals surface area contributed by atoms with E-state index in [2.05, 4.69) is 20.3 Å². The van der Waals surface area contributed by atoms with Gasteiger partial charge in [0.1, 0.15) is 5.82 Å². The van der Waals surface area contributed by atoms with Crippen LogP contribution in [0.5, 0.6) is 0 Å². The molecule has 0 unspecified atom stereocenters. The fourth-order valence-electron chi connectivity index (χ4n) is 4.29. The summed E-state index contributed by atoms with van der Waals surface area (Å²) in [4.78, 5) is 27.8. The molecule has 0 saturated carbocycles. The summed E-state index contributed by atoms with van der Waals surface area (Å²) in [7, 11) is 0. The first kappa shape index (κ1) is 23.0. The van der Waals surface area contributed by atoms with Crippen LogP contribution in [0.1, 0.15) is 30.6 Å². The van der Waals surface area contributed by atoms with Crippen LogP contribution < -0.4 is 10.2 Å². The van der Waals surface area contributed by atoms with Gasteiger partial charge in [0, 0.05) is 23.1 Å². The minimum absolute atomic E-state index is 0.0722. The van der Waals surface area contributed by atoms with Crippen molar-refractivity contribution in [3.05, 3.63) is 95.7 Å². The minimum atomic E-state index is -0.759. The van der Waals surface area contributed by atoms with E-state index in [1.54, 1.807) is 23.5 Å². The van der Waals surface area contributed by atoms with Gasteiger partial charge in [-0.05, 0) is 49.2 Å². The van der Waals surface area contributed by atoms with Crippen molar-refractivity contribution in [2.45, 2.75) is 38.0 Å². The van der Waals surface area contributed by atoms with Gasteiger partial charge in [-0.15, -0.1) is 0 Å². The lowest BCUT2D eigenvalue weighted by Gasteiger charge is -2.26. The van der Waals surface area contributed by atoms with E-state index < -0.39 is 6.10 Å². The molecule has 0 spiro atoms. The molecule has 0 aliphatic carbocycles. The Bertz CT molecular complexity index is 1310. The highest BCUT2D eigenvalue weighted by molar-refractivity contribution is 6.30. The Morgan fingerprint density at radius 2 is 1.89 bits per heavy atom. The second-order valence-electron chi connectivity index (χ2n) is 8.58. The average molecular weight is 489 g/mol. The number of hydrogen-bond donors (Lipinski definition) is 2. The molecule has 2 N–H and O–H groups in total. The number of aromatic nitrogens is 4. The third-order valence-corrected chi connectivity index (χ3v) is 6.37. The summed E-state index contributed by atoms with van der Waals surface area (Å²) >= 11 is 5.98. The van der Waals surface area contributed by atoms with E-state index in [4.69, 9.17) is 11.6 Å². The van der Waals surface area contributed by atoms with Gasteiger partial charge in [-0.25, -0.2) is 9.97 Å². The van der Waals surface area contributed by atoms with Crippen molar-refractivity contribution in [1.29, 1.82) is 0 Å². The number of carbonyl (C=O) groups is 1. The summed E-state index contributed by atoms with van der Waals surface area (Å²) in [5.41, 5.74) is 2.81. The number of benzene rings is 2. The van der Waals surface area contributed by atoms with Gasteiger partial charge in [0.2, 0.25) is 11.9 Å². The van der Waals surface area contributed by atoms with E-state index in [1.807, 2.05) is 72.3 Å². The predicted molar refractivity (Wildman–Crippen MR) is 135 cm³/mol. The molecule has 2 aromatic heterocycles. The second kappa shape index (κ2) is 9.85. The van der Waals surface area contributed by atoms with Crippen LogP contribution in [-0.2, 0) is 11.2 Å². The lowest BCUT2D eigenvalue weighted by molar-refractivity contribution is -0.117. The van der Waals surface area contributed by atoms with E-state index in [0.717, 1.165) is 16.9 Å². The minimum Gasteiger partial charge on any atom is -0.390 e. The first-order valence-corrected chi connectivity index (χ1v) is 11.8. The molecule has 3 heterocycles. The van der Waals surface area contributed by atoms with Crippen LogP contribution in [0.15, 0.2) is 79.4 Å². The summed E-state index contributed by atoms with van der Waals surface area (Å²) in [5.74, 6) is 0.686. The zero-order valence-corrected chi connectivity index (χ0v) is 19.9. The Morgan fingerprint density at radius 3 is 2.66 bits per heavy atom. The molecule has 2 aromatic carbocycles. The molecule has 1 amide bonds. The number of halogens is 1. The van der Waals surface area contributed by atoms with Gasteiger partial charge in [0.15, 0.2) is 0 Å². The number of anilines is 2. The molecule has 9 heteroatoms. The van der Waals surface area contributed by atoms with Crippen molar-refractivity contribution in [1.82, 2.24) is 19.5 Å². The van der Waals surface area contributed by atoms with Crippen LogP contribution in [0.3, 0.4) is 0 Å². The predicted octanol–water partition coefficient (Wildman–Crippen LogP) is 4.20. The number of hydrogen-bond acceptors (Lipinski definition) is 6. The lowest BCUT2D eigenvalue weighted by Crippen LogP contribution is -2.39. The normalized spacial score (nSPS) is 18.6. The molecular formula is C26H25ClN6O2. The number of carbonyl (C=O) groups excluding carboxylic acids is 1. The third-order valence-electron chi connectivity index (χ3n) is 6.12. The SMILES string of the molecule is C[C@H](Nc1nccc(N2C(=O)C[C@H](O)[C@@H]2Cc2ccccc2)n1)c1cn(-c2ccc(Cl)cc2)cn1.